The lowest BCUT2D eigenvalue weighted by atomic mass is 10.1. The molecule has 4 heterocycles. The molecule has 0 amide bonds. The van der Waals surface area contributed by atoms with Crippen molar-refractivity contribution in [3.63, 3.8) is 0 Å². The largest absolute Gasteiger partial charge is 0.367 e. The molecule has 1 saturated heterocycles. The Labute approximate surface area is 204 Å². The van der Waals surface area contributed by atoms with Crippen LogP contribution in [0.2, 0.25) is 0 Å². The molecule has 2 atom stereocenters. The Morgan fingerprint density at radius 2 is 2.14 bits per heavy atom. The second-order valence-corrected chi connectivity index (χ2v) is 9.37. The number of hydrogen-bond donors (Lipinski definition) is 2. The van der Waals surface area contributed by atoms with Crippen molar-refractivity contribution in [1.82, 2.24) is 25.3 Å². The van der Waals surface area contributed by atoms with Gasteiger partial charge in [-0.1, -0.05) is 6.08 Å². The maximum absolute atomic E-state index is 14.1. The van der Waals surface area contributed by atoms with Crippen molar-refractivity contribution in [1.29, 1.82) is 0 Å². The topological polar surface area (TPSA) is 78.9 Å². The molecule has 0 aromatic carbocycles. The Morgan fingerprint density at radius 1 is 1.26 bits per heavy atom. The normalized spacial score (nSPS) is 18.9. The van der Waals surface area contributed by atoms with Gasteiger partial charge in [-0.2, -0.15) is 0 Å². The Kier molecular flexibility index (Phi) is 7.13. The summed E-state index contributed by atoms with van der Waals surface area (Å²) in [6.45, 7) is 2.03. The third kappa shape index (κ3) is 5.40. The van der Waals surface area contributed by atoms with Gasteiger partial charge >= 0.3 is 0 Å². The molecule has 35 heavy (non-hydrogen) atoms. The molecule has 2 unspecified atom stereocenters. The third-order valence-electron chi connectivity index (χ3n) is 6.81. The Balaban J connectivity index is 1.46. The lowest BCUT2D eigenvalue weighted by molar-refractivity contribution is 0.331. The number of pyridine rings is 2. The first-order chi connectivity index (χ1) is 17.1. The number of nitrogens with one attached hydrogen (secondary N) is 2. The maximum Gasteiger partial charge on any atom is 0.162 e. The molecule has 184 valence electrons. The number of anilines is 2. The highest BCUT2D eigenvalue weighted by atomic mass is 19.1. The highest BCUT2D eigenvalue weighted by molar-refractivity contribution is 5.94. The molecule has 5 rings (SSSR count). The zero-order valence-electron chi connectivity index (χ0n) is 19.9. The number of halogens is 2. The molecule has 0 bridgehead atoms. The summed E-state index contributed by atoms with van der Waals surface area (Å²) in [6, 6.07) is 4.07. The zero-order valence-corrected chi connectivity index (χ0v) is 19.9. The molecule has 1 aliphatic carbocycles. The van der Waals surface area contributed by atoms with Crippen molar-refractivity contribution in [3.8, 4) is 11.4 Å². The second kappa shape index (κ2) is 10.6. The van der Waals surface area contributed by atoms with Crippen molar-refractivity contribution in [2.75, 3.05) is 36.9 Å². The van der Waals surface area contributed by atoms with Crippen molar-refractivity contribution < 1.29 is 8.78 Å². The van der Waals surface area contributed by atoms with Crippen LogP contribution in [0.4, 0.5) is 20.4 Å². The highest BCUT2D eigenvalue weighted by Gasteiger charge is 2.30. The van der Waals surface area contributed by atoms with Crippen LogP contribution in [0, 0.1) is 0 Å². The highest BCUT2D eigenvalue weighted by Crippen LogP contribution is 2.45. The number of likely N-dealkylation sites (N-methyl/N-ethyl adjacent to an activating group) is 1. The van der Waals surface area contributed by atoms with E-state index in [-0.39, 0.29) is 13.0 Å². The number of alkyl halides is 1. The van der Waals surface area contributed by atoms with Gasteiger partial charge in [-0.15, -0.1) is 0 Å². The van der Waals surface area contributed by atoms with E-state index in [0.29, 0.717) is 36.4 Å². The molecule has 9 heteroatoms. The molecule has 0 radical (unpaired) electrons. The molecule has 2 aliphatic rings. The Hall–Kier alpha value is -3.20. The summed E-state index contributed by atoms with van der Waals surface area (Å²) < 4.78 is 26.2. The predicted molar refractivity (Wildman–Crippen MR) is 135 cm³/mol. The van der Waals surface area contributed by atoms with Crippen LogP contribution in [0.5, 0.6) is 0 Å². The second-order valence-electron chi connectivity index (χ2n) is 9.37. The van der Waals surface area contributed by atoms with Crippen molar-refractivity contribution >= 4 is 22.5 Å². The van der Waals surface area contributed by atoms with E-state index in [1.807, 2.05) is 24.5 Å². The van der Waals surface area contributed by atoms with Crippen LogP contribution in [-0.2, 0) is 0 Å². The number of hydrogen-bond acceptors (Lipinski definition) is 7. The minimum Gasteiger partial charge on any atom is -0.367 e. The fraction of sp³-hybridized carbons (Fsp3) is 0.462. The molecule has 2 fully saturated rings. The molecule has 2 N–H and O–H groups in total. The molecule has 1 aliphatic heterocycles. The van der Waals surface area contributed by atoms with Crippen LogP contribution in [0.15, 0.2) is 43.1 Å². The van der Waals surface area contributed by atoms with Gasteiger partial charge in [-0.3, -0.25) is 4.98 Å². The smallest absolute Gasteiger partial charge is 0.162 e. The molecule has 3 aromatic heterocycles. The summed E-state index contributed by atoms with van der Waals surface area (Å²) in [5, 5.41) is 7.58. The number of nitrogens with zero attached hydrogens (tertiary/aromatic N) is 5. The first-order valence-corrected chi connectivity index (χ1v) is 12.3. The fourth-order valence-electron chi connectivity index (χ4n) is 4.64. The monoisotopic (exact) mass is 479 g/mol. The van der Waals surface area contributed by atoms with Crippen LogP contribution < -0.4 is 15.5 Å². The summed E-state index contributed by atoms with van der Waals surface area (Å²) in [7, 11) is 2.11. The maximum atomic E-state index is 14.1. The molecule has 1 saturated carbocycles. The van der Waals surface area contributed by atoms with Gasteiger partial charge in [-0.05, 0) is 62.3 Å². The van der Waals surface area contributed by atoms with Gasteiger partial charge in [0, 0.05) is 49.5 Å². The standard InChI is InChI=1S/C26H31F2N7/c1-35(20-8-10-29-14-20)26-24-21(17-5-6-17)15-30-16-22(24)33-25(34-26)18-7-11-31-23(12-18)32-13-19(28)4-2-3-9-27/h3,7,9,11-12,15-17,19-20,29H,2,4-6,8,10,13-14H2,1H3,(H,31,32). The van der Waals surface area contributed by atoms with Gasteiger partial charge in [-0.25, -0.2) is 23.7 Å². The van der Waals surface area contributed by atoms with Gasteiger partial charge < -0.3 is 15.5 Å². The summed E-state index contributed by atoms with van der Waals surface area (Å²) in [4.78, 5) is 21.0. The van der Waals surface area contributed by atoms with Crippen LogP contribution in [0.25, 0.3) is 22.3 Å². The van der Waals surface area contributed by atoms with E-state index in [1.54, 1.807) is 6.20 Å². The van der Waals surface area contributed by atoms with Crippen LogP contribution in [0.3, 0.4) is 0 Å². The summed E-state index contributed by atoms with van der Waals surface area (Å²) >= 11 is 0. The van der Waals surface area contributed by atoms with Crippen molar-refractivity contribution in [2.45, 2.75) is 50.2 Å². The summed E-state index contributed by atoms with van der Waals surface area (Å²) in [5.41, 5.74) is 2.87. The van der Waals surface area contributed by atoms with Gasteiger partial charge in [0.25, 0.3) is 0 Å². The lowest BCUT2D eigenvalue weighted by Crippen LogP contribution is -2.34. The SMILES string of the molecule is CN(c1nc(-c2ccnc(NCC(F)CCC=CF)c2)nc2cncc(C3CC3)c12)C1CCNC1. The van der Waals surface area contributed by atoms with Gasteiger partial charge in [0.15, 0.2) is 5.82 Å². The van der Waals surface area contributed by atoms with E-state index in [9.17, 15) is 8.78 Å². The predicted octanol–water partition coefficient (Wildman–Crippen LogP) is 4.78. The van der Waals surface area contributed by atoms with Crippen molar-refractivity contribution in [2.24, 2.45) is 0 Å². The van der Waals surface area contributed by atoms with E-state index in [4.69, 9.17) is 9.97 Å². The minimum absolute atomic E-state index is 0.104. The van der Waals surface area contributed by atoms with Crippen molar-refractivity contribution in [3.05, 3.63) is 48.7 Å². The van der Waals surface area contributed by atoms with E-state index in [0.717, 1.165) is 41.8 Å². The minimum atomic E-state index is -1.10. The third-order valence-corrected chi connectivity index (χ3v) is 6.81. The zero-order chi connectivity index (χ0) is 24.2. The quantitative estimate of drug-likeness (QED) is 0.433. The average Bonchev–Trinajstić information content (AvgIpc) is 3.59. The first-order valence-electron chi connectivity index (χ1n) is 12.3. The summed E-state index contributed by atoms with van der Waals surface area (Å²) in [6.07, 6.45) is 10.2. The number of fused-ring (bicyclic) bond motifs is 1. The van der Waals surface area contributed by atoms with E-state index >= 15 is 0 Å². The number of allylic oxidation sites excluding steroid dienone is 1. The number of aromatic nitrogens is 4. The summed E-state index contributed by atoms with van der Waals surface area (Å²) in [5.74, 6) is 2.60. The average molecular weight is 480 g/mol. The fourth-order valence-corrected chi connectivity index (χ4v) is 4.64. The van der Waals surface area contributed by atoms with E-state index in [2.05, 4.69) is 32.5 Å². The molecule has 7 nitrogen and oxygen atoms in total. The van der Waals surface area contributed by atoms with Crippen LogP contribution in [0.1, 0.15) is 43.6 Å². The Morgan fingerprint density at radius 3 is 2.91 bits per heavy atom. The lowest BCUT2D eigenvalue weighted by Gasteiger charge is -2.27. The van der Waals surface area contributed by atoms with Gasteiger partial charge in [0.2, 0.25) is 0 Å². The molecular formula is C26H31F2N7. The van der Waals surface area contributed by atoms with Gasteiger partial charge in [0.1, 0.15) is 17.8 Å². The first kappa shape index (κ1) is 23.5. The van der Waals surface area contributed by atoms with Crippen LogP contribution in [-0.4, -0.2) is 58.8 Å². The molecular weight excluding hydrogens is 448 g/mol. The molecule has 3 aromatic rings. The van der Waals surface area contributed by atoms with Gasteiger partial charge in [0.05, 0.1) is 18.0 Å². The number of rotatable bonds is 10. The van der Waals surface area contributed by atoms with E-state index in [1.165, 1.54) is 24.5 Å². The van der Waals surface area contributed by atoms with Crippen LogP contribution >= 0.6 is 0 Å². The van der Waals surface area contributed by atoms with E-state index < -0.39 is 6.17 Å². The Bertz CT molecular complexity index is 1190. The molecule has 0 spiro atoms.